The lowest BCUT2D eigenvalue weighted by Gasteiger charge is -2.27. The van der Waals surface area contributed by atoms with Gasteiger partial charge in [0.1, 0.15) is 0 Å². The van der Waals surface area contributed by atoms with Gasteiger partial charge in [0.2, 0.25) is 0 Å². The van der Waals surface area contributed by atoms with Crippen molar-refractivity contribution in [3.8, 4) is 0 Å². The number of hydrogen-bond acceptors (Lipinski definition) is 3. The van der Waals surface area contributed by atoms with Crippen LogP contribution in [0.5, 0.6) is 0 Å². The van der Waals surface area contributed by atoms with Gasteiger partial charge in [-0.05, 0) is 38.5 Å². The van der Waals surface area contributed by atoms with Crippen molar-refractivity contribution in [3.63, 3.8) is 0 Å². The van der Waals surface area contributed by atoms with E-state index in [9.17, 15) is 0 Å². The molecule has 1 fully saturated rings. The Bertz CT molecular complexity index is 330. The van der Waals surface area contributed by atoms with Crippen molar-refractivity contribution in [2.24, 2.45) is 5.92 Å². The summed E-state index contributed by atoms with van der Waals surface area (Å²) in [5.74, 6) is 0.498. The maximum atomic E-state index is 9.06. The van der Waals surface area contributed by atoms with E-state index < -0.39 is 0 Å². The molecule has 0 aromatic carbocycles. The molecule has 1 aliphatic rings. The molecule has 96 valence electrons. The van der Waals surface area contributed by atoms with Crippen LogP contribution < -0.4 is 0 Å². The summed E-state index contributed by atoms with van der Waals surface area (Å²) < 4.78 is 7.80. The molecule has 0 radical (unpaired) electrons. The molecule has 2 rings (SSSR count). The predicted octanol–water partition coefficient (Wildman–Crippen LogP) is 1.97. The lowest BCUT2D eigenvalue weighted by atomic mass is 9.88. The first-order valence-corrected chi connectivity index (χ1v) is 6.55. The predicted molar refractivity (Wildman–Crippen MR) is 65.5 cm³/mol. The zero-order chi connectivity index (χ0) is 12.1. The molecular weight excluding hydrogens is 216 g/mol. The molecule has 0 saturated heterocycles. The largest absolute Gasteiger partial charge is 0.396 e. The maximum absolute atomic E-state index is 9.06. The minimum absolute atomic E-state index is 0.329. The number of hydrogen-bond donors (Lipinski definition) is 1. The van der Waals surface area contributed by atoms with Crippen LogP contribution in [0.2, 0.25) is 0 Å². The Morgan fingerprint density at radius 2 is 2.18 bits per heavy atom. The van der Waals surface area contributed by atoms with Crippen molar-refractivity contribution in [1.82, 2.24) is 9.78 Å². The molecule has 1 saturated carbocycles. The van der Waals surface area contributed by atoms with Gasteiger partial charge in [0, 0.05) is 24.9 Å². The van der Waals surface area contributed by atoms with E-state index in [2.05, 4.69) is 12.0 Å². The van der Waals surface area contributed by atoms with Crippen LogP contribution in [0.15, 0.2) is 12.4 Å². The Morgan fingerprint density at radius 3 is 2.76 bits per heavy atom. The highest BCUT2D eigenvalue weighted by Gasteiger charge is 2.20. The Morgan fingerprint density at radius 1 is 1.41 bits per heavy atom. The average molecular weight is 238 g/mol. The van der Waals surface area contributed by atoms with Gasteiger partial charge in [-0.25, -0.2) is 0 Å². The van der Waals surface area contributed by atoms with Crippen molar-refractivity contribution in [2.75, 3.05) is 6.61 Å². The summed E-state index contributed by atoms with van der Waals surface area (Å²) in [6, 6.07) is 0. The molecule has 0 spiro atoms. The van der Waals surface area contributed by atoms with E-state index in [1.54, 1.807) is 0 Å². The smallest absolute Gasteiger partial charge is 0.0751 e. The van der Waals surface area contributed by atoms with Crippen LogP contribution >= 0.6 is 0 Å². The van der Waals surface area contributed by atoms with Crippen LogP contribution in [0.1, 0.15) is 38.2 Å². The number of aryl methyl sites for hydroxylation is 1. The fourth-order valence-corrected chi connectivity index (χ4v) is 2.35. The van der Waals surface area contributed by atoms with Gasteiger partial charge in [-0.3, -0.25) is 4.68 Å². The minimum Gasteiger partial charge on any atom is -0.396 e. The van der Waals surface area contributed by atoms with Crippen molar-refractivity contribution in [3.05, 3.63) is 18.0 Å². The minimum atomic E-state index is 0.329. The lowest BCUT2D eigenvalue weighted by Crippen LogP contribution is -2.23. The van der Waals surface area contributed by atoms with Gasteiger partial charge >= 0.3 is 0 Å². The highest BCUT2D eigenvalue weighted by Crippen LogP contribution is 2.26. The van der Waals surface area contributed by atoms with Gasteiger partial charge in [0.05, 0.1) is 18.9 Å². The van der Waals surface area contributed by atoms with Crippen molar-refractivity contribution >= 4 is 0 Å². The lowest BCUT2D eigenvalue weighted by molar-refractivity contribution is 0.00118. The molecular formula is C13H22N2O2. The molecule has 1 heterocycles. The van der Waals surface area contributed by atoms with Crippen LogP contribution in [0.4, 0.5) is 0 Å². The van der Waals surface area contributed by atoms with Crippen LogP contribution in [0.25, 0.3) is 0 Å². The SMILES string of the molecule is CCn1cc(COC2CCC(CO)CC2)cn1. The number of aliphatic hydroxyl groups excluding tert-OH is 1. The van der Waals surface area contributed by atoms with E-state index >= 15 is 0 Å². The van der Waals surface area contributed by atoms with Crippen molar-refractivity contribution in [2.45, 2.75) is 51.9 Å². The highest BCUT2D eigenvalue weighted by molar-refractivity contribution is 5.01. The number of rotatable bonds is 5. The molecule has 4 heteroatoms. The second-order valence-electron chi connectivity index (χ2n) is 4.84. The average Bonchev–Trinajstić information content (AvgIpc) is 2.85. The molecule has 17 heavy (non-hydrogen) atoms. The molecule has 0 unspecified atom stereocenters. The summed E-state index contributed by atoms with van der Waals surface area (Å²) in [7, 11) is 0. The first kappa shape index (κ1) is 12.6. The van der Waals surface area contributed by atoms with Crippen molar-refractivity contribution < 1.29 is 9.84 Å². The number of aliphatic hydroxyl groups is 1. The maximum Gasteiger partial charge on any atom is 0.0751 e. The van der Waals surface area contributed by atoms with E-state index in [1.165, 1.54) is 0 Å². The molecule has 1 N–H and O–H groups in total. The standard InChI is InChI=1S/C13H22N2O2/c1-2-15-8-12(7-14-15)10-17-13-5-3-11(9-16)4-6-13/h7-8,11,13,16H,2-6,9-10H2,1H3. The third kappa shape index (κ3) is 3.54. The third-order valence-corrected chi connectivity index (χ3v) is 3.55. The summed E-state index contributed by atoms with van der Waals surface area (Å²) >= 11 is 0. The Labute approximate surface area is 103 Å². The molecule has 0 bridgehead atoms. The Kier molecular flexibility index (Phi) is 4.57. The molecule has 0 atom stereocenters. The summed E-state index contributed by atoms with van der Waals surface area (Å²) in [5.41, 5.74) is 1.15. The molecule has 0 amide bonds. The molecule has 0 aliphatic heterocycles. The van der Waals surface area contributed by atoms with Crippen LogP contribution in [-0.4, -0.2) is 27.6 Å². The van der Waals surface area contributed by atoms with Gasteiger partial charge in [-0.15, -0.1) is 0 Å². The quantitative estimate of drug-likeness (QED) is 0.853. The van der Waals surface area contributed by atoms with Gasteiger partial charge < -0.3 is 9.84 Å². The number of ether oxygens (including phenoxy) is 1. The monoisotopic (exact) mass is 238 g/mol. The van der Waals surface area contributed by atoms with E-state index in [1.807, 2.05) is 17.1 Å². The Balaban J connectivity index is 1.72. The normalized spacial score (nSPS) is 25.1. The van der Waals surface area contributed by atoms with Crippen LogP contribution in [0.3, 0.4) is 0 Å². The van der Waals surface area contributed by atoms with Gasteiger partial charge in [-0.2, -0.15) is 5.10 Å². The Hall–Kier alpha value is -0.870. The zero-order valence-electron chi connectivity index (χ0n) is 10.5. The first-order valence-electron chi connectivity index (χ1n) is 6.55. The zero-order valence-corrected chi connectivity index (χ0v) is 10.5. The third-order valence-electron chi connectivity index (χ3n) is 3.55. The van der Waals surface area contributed by atoms with E-state index in [0.717, 1.165) is 37.8 Å². The van der Waals surface area contributed by atoms with E-state index in [0.29, 0.717) is 25.2 Å². The van der Waals surface area contributed by atoms with E-state index in [-0.39, 0.29) is 0 Å². The van der Waals surface area contributed by atoms with Gasteiger partial charge in [0.15, 0.2) is 0 Å². The van der Waals surface area contributed by atoms with Crippen LogP contribution in [-0.2, 0) is 17.9 Å². The number of aromatic nitrogens is 2. The number of nitrogens with zero attached hydrogens (tertiary/aromatic N) is 2. The molecule has 1 aliphatic carbocycles. The highest BCUT2D eigenvalue weighted by atomic mass is 16.5. The van der Waals surface area contributed by atoms with Gasteiger partial charge in [0.25, 0.3) is 0 Å². The second kappa shape index (κ2) is 6.17. The summed E-state index contributed by atoms with van der Waals surface area (Å²) in [6.07, 6.45) is 8.62. The van der Waals surface area contributed by atoms with Gasteiger partial charge in [-0.1, -0.05) is 0 Å². The van der Waals surface area contributed by atoms with E-state index in [4.69, 9.17) is 9.84 Å². The topological polar surface area (TPSA) is 47.3 Å². The summed E-state index contributed by atoms with van der Waals surface area (Å²) in [4.78, 5) is 0. The van der Waals surface area contributed by atoms with Crippen molar-refractivity contribution in [1.29, 1.82) is 0 Å². The second-order valence-corrected chi connectivity index (χ2v) is 4.84. The summed E-state index contributed by atoms with van der Waals surface area (Å²) in [5, 5.41) is 13.3. The molecule has 4 nitrogen and oxygen atoms in total. The molecule has 1 aromatic rings. The first-order chi connectivity index (χ1) is 8.31. The fraction of sp³-hybridized carbons (Fsp3) is 0.769. The fourth-order valence-electron chi connectivity index (χ4n) is 2.35. The summed E-state index contributed by atoms with van der Waals surface area (Å²) in [6.45, 7) is 3.97. The van der Waals surface area contributed by atoms with Crippen LogP contribution in [0, 0.1) is 5.92 Å². The molecule has 1 aromatic heterocycles.